The van der Waals surface area contributed by atoms with Gasteiger partial charge in [-0.05, 0) is 0 Å². The zero-order valence-corrected chi connectivity index (χ0v) is 8.85. The van der Waals surface area contributed by atoms with Crippen LogP contribution < -0.4 is 5.43 Å². The highest BCUT2D eigenvalue weighted by Crippen LogP contribution is 1.94. The van der Waals surface area contributed by atoms with Gasteiger partial charge in [0.15, 0.2) is 11.1 Å². The molecule has 0 amide bonds. The third-order valence-corrected chi connectivity index (χ3v) is 2.21. The van der Waals surface area contributed by atoms with Crippen LogP contribution in [-0.4, -0.2) is 30.6 Å². The Kier molecular flexibility index (Phi) is 2.99. The number of pyridine rings is 1. The summed E-state index contributed by atoms with van der Waals surface area (Å²) < 4.78 is 3.26. The highest BCUT2D eigenvalue weighted by Gasteiger charge is 2.07. The summed E-state index contributed by atoms with van der Waals surface area (Å²) in [4.78, 5) is 21.4. The molecule has 0 saturated heterocycles. The third-order valence-electron chi connectivity index (χ3n) is 2.21. The summed E-state index contributed by atoms with van der Waals surface area (Å²) in [5.41, 5.74) is -0.125. The summed E-state index contributed by atoms with van der Waals surface area (Å²) in [6.07, 6.45) is 4.69. The molecule has 17 heavy (non-hydrogen) atoms. The van der Waals surface area contributed by atoms with Gasteiger partial charge in [-0.25, -0.2) is 9.48 Å². The molecular weight excluding hydrogens is 224 g/mol. The van der Waals surface area contributed by atoms with Crippen molar-refractivity contribution < 1.29 is 9.90 Å². The van der Waals surface area contributed by atoms with Crippen molar-refractivity contribution in [3.05, 3.63) is 46.6 Å². The second kappa shape index (κ2) is 4.60. The predicted molar refractivity (Wildman–Crippen MR) is 57.7 cm³/mol. The Morgan fingerprint density at radius 3 is 2.59 bits per heavy atom. The third kappa shape index (κ3) is 2.77. The molecule has 0 bridgehead atoms. The normalized spacial score (nSPS) is 10.4. The summed E-state index contributed by atoms with van der Waals surface area (Å²) in [7, 11) is 0. The molecule has 0 spiro atoms. The molecule has 0 saturated carbocycles. The van der Waals surface area contributed by atoms with Crippen molar-refractivity contribution in [1.82, 2.24) is 19.6 Å². The Bertz CT molecular complexity index is 567. The first-order chi connectivity index (χ1) is 8.15. The lowest BCUT2D eigenvalue weighted by molar-refractivity contribution is 0.0690. The van der Waals surface area contributed by atoms with Gasteiger partial charge in [-0.15, -0.1) is 5.10 Å². The Balaban J connectivity index is 1.99. The fourth-order valence-electron chi connectivity index (χ4n) is 1.32. The number of aryl methyl sites for hydroxylation is 2. The lowest BCUT2D eigenvalue weighted by Crippen LogP contribution is -2.09. The Morgan fingerprint density at radius 2 is 2.00 bits per heavy atom. The number of aromatic nitrogens is 4. The number of hydrogen-bond acceptors (Lipinski definition) is 4. The summed E-state index contributed by atoms with van der Waals surface area (Å²) in [5, 5.41) is 15.8. The van der Waals surface area contributed by atoms with E-state index in [4.69, 9.17) is 5.11 Å². The number of rotatable bonds is 4. The van der Waals surface area contributed by atoms with Crippen LogP contribution in [0.5, 0.6) is 0 Å². The van der Waals surface area contributed by atoms with Crippen LogP contribution in [0.2, 0.25) is 0 Å². The predicted octanol–water partition coefficient (Wildman–Crippen LogP) is -0.162. The van der Waals surface area contributed by atoms with Crippen molar-refractivity contribution in [3.8, 4) is 0 Å². The molecule has 0 aliphatic carbocycles. The molecule has 0 fully saturated rings. The Hall–Kier alpha value is -2.44. The zero-order valence-electron chi connectivity index (χ0n) is 8.85. The van der Waals surface area contributed by atoms with Gasteiger partial charge < -0.3 is 9.67 Å². The summed E-state index contributed by atoms with van der Waals surface area (Å²) >= 11 is 0. The first-order valence-electron chi connectivity index (χ1n) is 4.95. The fourth-order valence-corrected chi connectivity index (χ4v) is 1.32. The van der Waals surface area contributed by atoms with E-state index in [2.05, 4.69) is 10.3 Å². The van der Waals surface area contributed by atoms with Crippen molar-refractivity contribution in [2.45, 2.75) is 13.1 Å². The van der Waals surface area contributed by atoms with Gasteiger partial charge in [0.2, 0.25) is 0 Å². The van der Waals surface area contributed by atoms with Crippen molar-refractivity contribution in [3.63, 3.8) is 0 Å². The molecule has 0 radical (unpaired) electrons. The van der Waals surface area contributed by atoms with Gasteiger partial charge in [-0.2, -0.15) is 0 Å². The van der Waals surface area contributed by atoms with Gasteiger partial charge in [-0.3, -0.25) is 4.79 Å². The molecule has 2 heterocycles. The topological polar surface area (TPSA) is 90.0 Å². The smallest absolute Gasteiger partial charge is 0.358 e. The second-order valence-corrected chi connectivity index (χ2v) is 3.44. The number of nitrogens with zero attached hydrogens (tertiary/aromatic N) is 4. The average molecular weight is 234 g/mol. The van der Waals surface area contributed by atoms with Crippen LogP contribution in [0.25, 0.3) is 0 Å². The van der Waals surface area contributed by atoms with E-state index in [9.17, 15) is 9.59 Å². The quantitative estimate of drug-likeness (QED) is 0.793. The maximum absolute atomic E-state index is 10.9. The first-order valence-corrected chi connectivity index (χ1v) is 4.95. The molecule has 7 nitrogen and oxygen atoms in total. The van der Waals surface area contributed by atoms with E-state index >= 15 is 0 Å². The molecule has 0 unspecified atom stereocenters. The molecule has 0 atom stereocenters. The van der Waals surface area contributed by atoms with E-state index in [0.717, 1.165) is 0 Å². The van der Waals surface area contributed by atoms with Crippen molar-refractivity contribution in [1.29, 1.82) is 0 Å². The Labute approximate surface area is 95.9 Å². The van der Waals surface area contributed by atoms with Crippen LogP contribution in [0.3, 0.4) is 0 Å². The van der Waals surface area contributed by atoms with Crippen molar-refractivity contribution >= 4 is 5.97 Å². The van der Waals surface area contributed by atoms with E-state index < -0.39 is 5.97 Å². The average Bonchev–Trinajstić information content (AvgIpc) is 2.77. The summed E-state index contributed by atoms with van der Waals surface area (Å²) in [6, 6.07) is 2.92. The Morgan fingerprint density at radius 1 is 1.29 bits per heavy atom. The van der Waals surface area contributed by atoms with Gasteiger partial charge in [0.05, 0.1) is 12.7 Å². The van der Waals surface area contributed by atoms with Crippen LogP contribution in [0.1, 0.15) is 10.5 Å². The minimum absolute atomic E-state index is 0.0461. The van der Waals surface area contributed by atoms with Gasteiger partial charge in [0.1, 0.15) is 0 Å². The molecule has 0 aliphatic heterocycles. The second-order valence-electron chi connectivity index (χ2n) is 3.44. The van der Waals surface area contributed by atoms with Crippen LogP contribution in [-0.2, 0) is 13.1 Å². The first kappa shape index (κ1) is 11.1. The number of aromatic carboxylic acids is 1. The van der Waals surface area contributed by atoms with Crippen LogP contribution in [0.15, 0.2) is 35.5 Å². The lowest BCUT2D eigenvalue weighted by Gasteiger charge is -2.04. The maximum Gasteiger partial charge on any atom is 0.358 e. The fraction of sp³-hybridized carbons (Fsp3) is 0.200. The number of carboxylic acids is 1. The molecule has 2 rings (SSSR count). The van der Waals surface area contributed by atoms with E-state index in [0.29, 0.717) is 13.1 Å². The van der Waals surface area contributed by atoms with Crippen LogP contribution in [0, 0.1) is 0 Å². The van der Waals surface area contributed by atoms with Crippen molar-refractivity contribution in [2.75, 3.05) is 0 Å². The summed E-state index contributed by atoms with van der Waals surface area (Å²) in [6.45, 7) is 1.08. The molecule has 88 valence electrons. The molecule has 0 aromatic carbocycles. The molecular formula is C10H10N4O3. The molecule has 2 aromatic heterocycles. The van der Waals surface area contributed by atoms with Gasteiger partial charge in [0, 0.05) is 31.1 Å². The largest absolute Gasteiger partial charge is 0.476 e. The van der Waals surface area contributed by atoms with Crippen LogP contribution >= 0.6 is 0 Å². The van der Waals surface area contributed by atoms with Gasteiger partial charge in [-0.1, -0.05) is 5.21 Å². The number of carboxylic acid groups (broad SMARTS) is 1. The molecule has 7 heteroatoms. The van der Waals surface area contributed by atoms with Crippen molar-refractivity contribution in [2.24, 2.45) is 0 Å². The van der Waals surface area contributed by atoms with Gasteiger partial charge in [0.25, 0.3) is 0 Å². The maximum atomic E-state index is 10.9. The number of hydrogen-bond donors (Lipinski definition) is 1. The summed E-state index contributed by atoms with van der Waals surface area (Å²) in [5.74, 6) is -1.10. The van der Waals surface area contributed by atoms with Crippen LogP contribution in [0.4, 0.5) is 0 Å². The monoisotopic (exact) mass is 234 g/mol. The van der Waals surface area contributed by atoms with E-state index in [-0.39, 0.29) is 11.1 Å². The highest BCUT2D eigenvalue weighted by atomic mass is 16.4. The molecule has 0 aliphatic rings. The van der Waals surface area contributed by atoms with E-state index in [1.807, 2.05) is 4.57 Å². The number of carbonyl (C=O) groups is 1. The van der Waals surface area contributed by atoms with E-state index in [1.165, 1.54) is 23.0 Å². The molecule has 1 N–H and O–H groups in total. The van der Waals surface area contributed by atoms with E-state index in [1.54, 1.807) is 12.4 Å². The minimum atomic E-state index is -1.10. The molecule has 2 aromatic rings. The zero-order chi connectivity index (χ0) is 12.3. The highest BCUT2D eigenvalue weighted by molar-refractivity contribution is 5.84. The lowest BCUT2D eigenvalue weighted by atomic mass is 10.4. The SMILES string of the molecule is O=C(O)c1cn(CCn2ccc(=O)cc2)nn1. The standard InChI is InChI=1S/C10H10N4O3/c15-8-1-3-13(4-2-8)5-6-14-7-9(10(16)17)11-12-14/h1-4,7H,5-6H2,(H,16,17). The minimum Gasteiger partial charge on any atom is -0.476 e. The van der Waals surface area contributed by atoms with Gasteiger partial charge >= 0.3 is 5.97 Å².